The number of carbonyl (C=O) groups is 2. The van der Waals surface area contributed by atoms with E-state index in [4.69, 9.17) is 4.74 Å². The molecule has 0 aromatic rings. The van der Waals surface area contributed by atoms with Crippen molar-refractivity contribution in [3.05, 3.63) is 12.2 Å². The summed E-state index contributed by atoms with van der Waals surface area (Å²) in [7, 11) is 0. The van der Waals surface area contributed by atoms with Crippen LogP contribution in [0.25, 0.3) is 0 Å². The molecule has 4 nitrogen and oxygen atoms in total. The summed E-state index contributed by atoms with van der Waals surface area (Å²) in [6.07, 6.45) is 12.9. The van der Waals surface area contributed by atoms with Crippen LogP contribution in [0.3, 0.4) is 0 Å². The Bertz CT molecular complexity index is 785. The minimum atomic E-state index is -0.428. The molecular weight excluding hydrogens is 362 g/mol. The summed E-state index contributed by atoms with van der Waals surface area (Å²) in [4.78, 5) is 25.7. The van der Waals surface area contributed by atoms with Gasteiger partial charge in [-0.2, -0.15) is 0 Å². The van der Waals surface area contributed by atoms with E-state index < -0.39 is 5.41 Å². The molecule has 0 heterocycles. The zero-order valence-corrected chi connectivity index (χ0v) is 18.0. The first-order valence-electron chi connectivity index (χ1n) is 11.9. The van der Waals surface area contributed by atoms with Gasteiger partial charge in [0.05, 0.1) is 11.0 Å². The molecule has 29 heavy (non-hydrogen) atoms. The van der Waals surface area contributed by atoms with Crippen LogP contribution in [0.15, 0.2) is 12.2 Å². The molecule has 4 heteroatoms. The van der Waals surface area contributed by atoms with Gasteiger partial charge >= 0.3 is 5.97 Å². The fourth-order valence-corrected chi connectivity index (χ4v) is 8.71. The van der Waals surface area contributed by atoms with Crippen LogP contribution in [0.5, 0.6) is 0 Å². The Hall–Kier alpha value is -1.32. The summed E-state index contributed by atoms with van der Waals surface area (Å²) < 4.78 is 6.77. The molecule has 2 atom stereocenters. The Morgan fingerprint density at radius 1 is 1.00 bits per heavy atom. The predicted octanol–water partition coefficient (Wildman–Crippen LogP) is 4.53. The SMILES string of the molecule is C=C(C)C(=O)NC12CC1(C(=O)OC1(C3CCCC3)C3CC4CC1CC(C)(C4)C3)C2. The van der Waals surface area contributed by atoms with Gasteiger partial charge in [0.1, 0.15) is 5.60 Å². The van der Waals surface area contributed by atoms with E-state index in [0.717, 1.165) is 18.8 Å². The van der Waals surface area contributed by atoms with Crippen molar-refractivity contribution in [1.29, 1.82) is 0 Å². The third-order valence-electron chi connectivity index (χ3n) is 10.0. The lowest BCUT2D eigenvalue weighted by Crippen LogP contribution is -2.65. The second kappa shape index (κ2) is 5.48. The number of fused-ring (bicyclic) bond motifs is 1. The lowest BCUT2D eigenvalue weighted by molar-refractivity contribution is -0.244. The van der Waals surface area contributed by atoms with Gasteiger partial charge in [-0.25, -0.2) is 0 Å². The average molecular weight is 398 g/mol. The predicted molar refractivity (Wildman–Crippen MR) is 110 cm³/mol. The molecule has 0 spiro atoms. The number of hydrogen-bond donors (Lipinski definition) is 1. The number of nitrogens with one attached hydrogen (secondary N) is 1. The van der Waals surface area contributed by atoms with Gasteiger partial charge < -0.3 is 10.1 Å². The highest BCUT2D eigenvalue weighted by molar-refractivity contribution is 5.98. The molecule has 7 rings (SSSR count). The van der Waals surface area contributed by atoms with Gasteiger partial charge in [0.15, 0.2) is 0 Å². The molecule has 7 fully saturated rings. The van der Waals surface area contributed by atoms with Crippen molar-refractivity contribution in [1.82, 2.24) is 5.32 Å². The van der Waals surface area contributed by atoms with E-state index in [1.165, 1.54) is 57.8 Å². The monoisotopic (exact) mass is 397 g/mol. The van der Waals surface area contributed by atoms with E-state index >= 15 is 0 Å². The van der Waals surface area contributed by atoms with Gasteiger partial charge in [-0.3, -0.25) is 9.59 Å². The minimum absolute atomic E-state index is 0.00374. The Kier molecular flexibility index (Phi) is 3.48. The van der Waals surface area contributed by atoms with Crippen molar-refractivity contribution in [2.45, 2.75) is 95.6 Å². The van der Waals surface area contributed by atoms with Crippen LogP contribution < -0.4 is 5.32 Å². The van der Waals surface area contributed by atoms with Crippen molar-refractivity contribution in [3.8, 4) is 0 Å². The quantitative estimate of drug-likeness (QED) is 0.548. The Balaban J connectivity index is 1.27. The number of hydrogen-bond acceptors (Lipinski definition) is 3. The molecule has 0 aromatic carbocycles. The largest absolute Gasteiger partial charge is 0.458 e. The molecule has 0 aromatic heterocycles. The first-order valence-corrected chi connectivity index (χ1v) is 11.9. The molecular formula is C25H35NO3. The summed E-state index contributed by atoms with van der Waals surface area (Å²) >= 11 is 0. The van der Waals surface area contributed by atoms with Gasteiger partial charge in [0.2, 0.25) is 5.91 Å². The number of carbonyl (C=O) groups excluding carboxylic acids is 2. The zero-order valence-electron chi connectivity index (χ0n) is 18.0. The van der Waals surface area contributed by atoms with Crippen molar-refractivity contribution in [2.75, 3.05) is 0 Å². The van der Waals surface area contributed by atoms with Gasteiger partial charge in [0, 0.05) is 17.4 Å². The summed E-state index contributed by atoms with van der Waals surface area (Å²) in [5, 5.41) is 3.08. The smallest absolute Gasteiger partial charge is 0.315 e. The molecule has 1 amide bonds. The summed E-state index contributed by atoms with van der Waals surface area (Å²) in [6.45, 7) is 7.94. The topological polar surface area (TPSA) is 55.4 Å². The molecule has 0 aliphatic heterocycles. The Morgan fingerprint density at radius 2 is 1.62 bits per heavy atom. The maximum absolute atomic E-state index is 13.6. The first kappa shape index (κ1) is 18.4. The molecule has 2 unspecified atom stereocenters. The van der Waals surface area contributed by atoms with Crippen LogP contribution in [0.4, 0.5) is 0 Å². The van der Waals surface area contributed by atoms with Gasteiger partial charge in [-0.1, -0.05) is 26.3 Å². The Morgan fingerprint density at radius 3 is 2.17 bits per heavy atom. The molecule has 0 radical (unpaired) electrons. The highest BCUT2D eigenvalue weighted by Gasteiger charge is 2.89. The maximum Gasteiger partial charge on any atom is 0.315 e. The summed E-state index contributed by atoms with van der Waals surface area (Å²) in [6, 6.07) is 0. The van der Waals surface area contributed by atoms with E-state index in [9.17, 15) is 9.59 Å². The minimum Gasteiger partial charge on any atom is -0.458 e. The molecule has 1 N–H and O–H groups in total. The molecule has 7 saturated carbocycles. The number of amides is 1. The fraction of sp³-hybridized carbons (Fsp3) is 0.840. The van der Waals surface area contributed by atoms with Gasteiger partial charge in [0.25, 0.3) is 0 Å². The van der Waals surface area contributed by atoms with Crippen molar-refractivity contribution >= 4 is 11.9 Å². The first-order chi connectivity index (χ1) is 13.7. The lowest BCUT2D eigenvalue weighted by Gasteiger charge is -2.65. The highest BCUT2D eigenvalue weighted by atomic mass is 16.6. The van der Waals surface area contributed by atoms with E-state index in [0.29, 0.717) is 28.7 Å². The van der Waals surface area contributed by atoms with E-state index in [-0.39, 0.29) is 23.0 Å². The maximum atomic E-state index is 13.6. The van der Waals surface area contributed by atoms with Crippen molar-refractivity contribution in [2.24, 2.45) is 34.5 Å². The molecule has 7 aliphatic rings. The number of esters is 1. The van der Waals surface area contributed by atoms with Crippen molar-refractivity contribution in [3.63, 3.8) is 0 Å². The average Bonchev–Trinajstić information content (AvgIpc) is 3.31. The summed E-state index contributed by atoms with van der Waals surface area (Å²) in [5.74, 6) is 2.39. The molecule has 0 saturated heterocycles. The van der Waals surface area contributed by atoms with E-state index in [1.54, 1.807) is 6.92 Å². The van der Waals surface area contributed by atoms with Gasteiger partial charge in [-0.15, -0.1) is 0 Å². The lowest BCUT2D eigenvalue weighted by atomic mass is 9.43. The second-order valence-corrected chi connectivity index (χ2v) is 12.1. The van der Waals surface area contributed by atoms with Crippen molar-refractivity contribution < 1.29 is 14.3 Å². The van der Waals surface area contributed by atoms with Crippen LogP contribution in [-0.4, -0.2) is 23.0 Å². The van der Waals surface area contributed by atoms with Crippen LogP contribution >= 0.6 is 0 Å². The van der Waals surface area contributed by atoms with Gasteiger partial charge in [-0.05, 0) is 82.0 Å². The second-order valence-electron chi connectivity index (χ2n) is 12.1. The third-order valence-corrected chi connectivity index (χ3v) is 10.0. The molecule has 7 aliphatic carbocycles. The number of ether oxygens (including phenoxy) is 1. The zero-order chi connectivity index (χ0) is 20.2. The van der Waals surface area contributed by atoms with Crippen LogP contribution in [-0.2, 0) is 14.3 Å². The highest BCUT2D eigenvalue weighted by Crippen LogP contribution is 2.80. The normalized spacial score (nSPS) is 51.4. The fourth-order valence-electron chi connectivity index (χ4n) is 8.71. The van der Waals surface area contributed by atoms with E-state index in [1.807, 2.05) is 0 Å². The summed E-state index contributed by atoms with van der Waals surface area (Å²) in [5.41, 5.74) is 0.0181. The Labute approximate surface area is 174 Å². The molecule has 158 valence electrons. The third kappa shape index (κ3) is 2.32. The number of rotatable bonds is 5. The van der Waals surface area contributed by atoms with E-state index in [2.05, 4.69) is 18.8 Å². The van der Waals surface area contributed by atoms with Crippen LogP contribution in [0.1, 0.15) is 84.5 Å². The van der Waals surface area contributed by atoms with Crippen LogP contribution in [0, 0.1) is 34.5 Å². The standard InChI is InChI=1S/C25H35NO3/c1-15(2)20(27)26-24-13-23(24,14-24)21(28)29-25(17-6-4-5-7-17)18-8-16-9-19(25)12-22(3,10-16)11-18/h16-19H,1,4-14H2,2-3H3,(H,26,27). The van der Waals surface area contributed by atoms with Crippen LogP contribution in [0.2, 0.25) is 0 Å². The molecule has 4 bridgehead atoms.